The lowest BCUT2D eigenvalue weighted by Crippen LogP contribution is -2.50. The summed E-state index contributed by atoms with van der Waals surface area (Å²) >= 11 is 0. The Morgan fingerprint density at radius 1 is 1.22 bits per heavy atom. The number of hydrogen-bond acceptors (Lipinski definition) is 6. The van der Waals surface area contributed by atoms with Crippen LogP contribution in [0.4, 0.5) is 5.95 Å². The molecule has 2 saturated heterocycles. The second kappa shape index (κ2) is 6.19. The van der Waals surface area contributed by atoms with Crippen LogP contribution < -0.4 is 10.3 Å². The van der Waals surface area contributed by atoms with E-state index in [0.29, 0.717) is 32.1 Å². The first-order chi connectivity index (χ1) is 11.1. The molecule has 0 aromatic carbocycles. The summed E-state index contributed by atoms with van der Waals surface area (Å²) in [6.07, 6.45) is 3.28. The third kappa shape index (κ3) is 3.08. The molecule has 3 rings (SSSR count). The molecule has 9 heteroatoms. The quantitative estimate of drug-likeness (QED) is 0.691. The molecular formula is C14H18N6O3. The van der Waals surface area contributed by atoms with Crippen molar-refractivity contribution in [2.75, 3.05) is 38.1 Å². The maximum absolute atomic E-state index is 12.3. The topological polar surface area (TPSA) is 98.7 Å². The first-order valence-electron chi connectivity index (χ1n) is 7.44. The maximum Gasteiger partial charge on any atom is 0.253 e. The highest BCUT2D eigenvalue weighted by atomic mass is 16.2. The van der Waals surface area contributed by atoms with Crippen LogP contribution in [0.1, 0.15) is 6.42 Å². The lowest BCUT2D eigenvalue weighted by Gasteiger charge is -2.34. The van der Waals surface area contributed by atoms with E-state index >= 15 is 0 Å². The van der Waals surface area contributed by atoms with Crippen molar-refractivity contribution in [3.05, 3.63) is 18.5 Å². The first-order valence-corrected chi connectivity index (χ1v) is 7.44. The van der Waals surface area contributed by atoms with Gasteiger partial charge in [0, 0.05) is 52.0 Å². The molecule has 2 fully saturated rings. The van der Waals surface area contributed by atoms with Crippen molar-refractivity contribution in [1.82, 2.24) is 25.3 Å². The molecule has 1 aromatic heterocycles. The number of piperazine rings is 1. The van der Waals surface area contributed by atoms with E-state index in [4.69, 9.17) is 0 Å². The van der Waals surface area contributed by atoms with Gasteiger partial charge < -0.3 is 9.80 Å². The first kappa shape index (κ1) is 15.2. The molecular weight excluding hydrogens is 300 g/mol. The Hall–Kier alpha value is -2.71. The molecule has 0 radical (unpaired) electrons. The van der Waals surface area contributed by atoms with E-state index in [-0.39, 0.29) is 18.2 Å². The summed E-state index contributed by atoms with van der Waals surface area (Å²) in [5.41, 5.74) is 2.40. The molecule has 9 nitrogen and oxygen atoms in total. The molecule has 2 aliphatic rings. The molecule has 1 N–H and O–H groups in total. The van der Waals surface area contributed by atoms with E-state index in [0.717, 1.165) is 5.01 Å². The lowest BCUT2D eigenvalue weighted by molar-refractivity contribution is -0.139. The molecule has 1 aromatic rings. The minimum Gasteiger partial charge on any atom is -0.339 e. The van der Waals surface area contributed by atoms with E-state index in [1.165, 1.54) is 7.05 Å². The van der Waals surface area contributed by atoms with Crippen LogP contribution in [0, 0.1) is 5.92 Å². The lowest BCUT2D eigenvalue weighted by atomic mass is 10.0. The number of rotatable bonds is 3. The van der Waals surface area contributed by atoms with Gasteiger partial charge in [-0.15, -0.1) is 0 Å². The third-order valence-corrected chi connectivity index (χ3v) is 4.07. The fourth-order valence-electron chi connectivity index (χ4n) is 2.74. The van der Waals surface area contributed by atoms with Crippen molar-refractivity contribution in [2.24, 2.45) is 5.92 Å². The molecule has 0 bridgehead atoms. The summed E-state index contributed by atoms with van der Waals surface area (Å²) in [6.45, 7) is 2.30. The molecule has 1 unspecified atom stereocenters. The molecule has 3 amide bonds. The molecule has 0 saturated carbocycles. The van der Waals surface area contributed by atoms with Crippen molar-refractivity contribution >= 4 is 23.7 Å². The van der Waals surface area contributed by atoms with Crippen LogP contribution >= 0.6 is 0 Å². The van der Waals surface area contributed by atoms with Gasteiger partial charge in [-0.05, 0) is 6.07 Å². The van der Waals surface area contributed by atoms with E-state index in [9.17, 15) is 14.4 Å². The van der Waals surface area contributed by atoms with Crippen molar-refractivity contribution in [3.63, 3.8) is 0 Å². The number of nitrogens with one attached hydrogen (secondary N) is 1. The number of hydrazine groups is 1. The predicted molar refractivity (Wildman–Crippen MR) is 79.8 cm³/mol. The van der Waals surface area contributed by atoms with Crippen LogP contribution in [-0.4, -0.2) is 70.8 Å². The average Bonchev–Trinajstić information content (AvgIpc) is 2.82. The van der Waals surface area contributed by atoms with Crippen LogP contribution in [-0.2, 0) is 14.4 Å². The van der Waals surface area contributed by atoms with Gasteiger partial charge in [-0.25, -0.2) is 9.97 Å². The van der Waals surface area contributed by atoms with E-state index in [1.54, 1.807) is 23.4 Å². The van der Waals surface area contributed by atoms with Crippen molar-refractivity contribution < 1.29 is 14.4 Å². The zero-order chi connectivity index (χ0) is 16.4. The van der Waals surface area contributed by atoms with Gasteiger partial charge in [0.05, 0.1) is 0 Å². The zero-order valence-corrected chi connectivity index (χ0v) is 12.8. The molecule has 0 spiro atoms. The molecule has 2 aliphatic heterocycles. The fraction of sp³-hybridized carbons (Fsp3) is 0.500. The average molecular weight is 318 g/mol. The van der Waals surface area contributed by atoms with Gasteiger partial charge in [-0.1, -0.05) is 0 Å². The monoisotopic (exact) mass is 318 g/mol. The summed E-state index contributed by atoms with van der Waals surface area (Å²) in [4.78, 5) is 47.9. The number of hydrogen-bond donors (Lipinski definition) is 1. The smallest absolute Gasteiger partial charge is 0.253 e. The van der Waals surface area contributed by atoms with E-state index < -0.39 is 11.8 Å². The number of carbonyl (C=O) groups is 3. The summed E-state index contributed by atoms with van der Waals surface area (Å²) < 4.78 is 0. The zero-order valence-electron chi connectivity index (χ0n) is 12.8. The second-order valence-corrected chi connectivity index (χ2v) is 5.55. The largest absolute Gasteiger partial charge is 0.339 e. The second-order valence-electron chi connectivity index (χ2n) is 5.55. The Morgan fingerprint density at radius 3 is 2.43 bits per heavy atom. The Morgan fingerprint density at radius 2 is 1.87 bits per heavy atom. The molecule has 0 aliphatic carbocycles. The number of aromatic nitrogens is 2. The van der Waals surface area contributed by atoms with Gasteiger partial charge in [-0.2, -0.15) is 0 Å². The predicted octanol–water partition coefficient (Wildman–Crippen LogP) is -1.37. The van der Waals surface area contributed by atoms with Crippen LogP contribution in [0.15, 0.2) is 18.5 Å². The number of amides is 3. The third-order valence-electron chi connectivity index (χ3n) is 4.07. The molecule has 23 heavy (non-hydrogen) atoms. The van der Waals surface area contributed by atoms with Crippen molar-refractivity contribution in [1.29, 1.82) is 0 Å². The van der Waals surface area contributed by atoms with Gasteiger partial charge in [0.2, 0.25) is 11.9 Å². The molecule has 1 atom stereocenters. The standard InChI is InChI=1S/C14H18N6O3/c1-18-13(23)10(12(22)17-18)9-11(21)19-5-7-20(8-6-19)14-15-3-2-4-16-14/h2-4,10H,5-9H2,1H3,(H,17,22). The fourth-order valence-corrected chi connectivity index (χ4v) is 2.74. The van der Waals surface area contributed by atoms with E-state index in [2.05, 4.69) is 15.4 Å². The summed E-state index contributed by atoms with van der Waals surface area (Å²) in [5, 5.41) is 1.13. The summed E-state index contributed by atoms with van der Waals surface area (Å²) in [7, 11) is 1.48. The minimum atomic E-state index is -0.914. The Balaban J connectivity index is 1.55. The van der Waals surface area contributed by atoms with Crippen molar-refractivity contribution in [2.45, 2.75) is 6.42 Å². The normalized spacial score (nSPS) is 21.6. The van der Waals surface area contributed by atoms with E-state index in [1.807, 2.05) is 4.90 Å². The highest BCUT2D eigenvalue weighted by Crippen LogP contribution is 2.16. The van der Waals surface area contributed by atoms with Crippen LogP contribution in [0.5, 0.6) is 0 Å². The van der Waals surface area contributed by atoms with Gasteiger partial charge in [0.1, 0.15) is 5.92 Å². The molecule has 122 valence electrons. The van der Waals surface area contributed by atoms with Gasteiger partial charge in [-0.3, -0.25) is 24.8 Å². The highest BCUT2D eigenvalue weighted by molar-refractivity contribution is 6.07. The summed E-state index contributed by atoms with van der Waals surface area (Å²) in [5.74, 6) is -1.22. The van der Waals surface area contributed by atoms with Gasteiger partial charge >= 0.3 is 0 Å². The van der Waals surface area contributed by atoms with Gasteiger partial charge in [0.15, 0.2) is 0 Å². The summed E-state index contributed by atoms with van der Waals surface area (Å²) in [6, 6.07) is 1.75. The van der Waals surface area contributed by atoms with Crippen LogP contribution in [0.2, 0.25) is 0 Å². The Bertz CT molecular complexity index is 614. The highest BCUT2D eigenvalue weighted by Gasteiger charge is 2.39. The SMILES string of the molecule is CN1NC(=O)C(CC(=O)N2CCN(c3ncccn3)CC2)C1=O. The number of nitrogens with zero attached hydrogens (tertiary/aromatic N) is 5. The van der Waals surface area contributed by atoms with Crippen LogP contribution in [0.3, 0.4) is 0 Å². The Kier molecular flexibility index (Phi) is 4.09. The van der Waals surface area contributed by atoms with Crippen LogP contribution in [0.25, 0.3) is 0 Å². The maximum atomic E-state index is 12.3. The number of anilines is 1. The molecule has 3 heterocycles. The Labute approximate surface area is 133 Å². The van der Waals surface area contributed by atoms with Gasteiger partial charge in [0.25, 0.3) is 11.8 Å². The number of carbonyl (C=O) groups excluding carboxylic acids is 3. The minimum absolute atomic E-state index is 0.0865. The van der Waals surface area contributed by atoms with Crippen molar-refractivity contribution in [3.8, 4) is 0 Å².